The van der Waals surface area contributed by atoms with E-state index in [1.165, 1.54) is 0 Å². The Morgan fingerprint density at radius 1 is 1.43 bits per heavy atom. The van der Waals surface area contributed by atoms with Crippen LogP contribution in [0.3, 0.4) is 0 Å². The van der Waals surface area contributed by atoms with E-state index in [2.05, 4.69) is 15.2 Å². The van der Waals surface area contributed by atoms with Crippen molar-refractivity contribution in [3.63, 3.8) is 0 Å². The third-order valence-electron chi connectivity index (χ3n) is 3.24. The van der Waals surface area contributed by atoms with Crippen LogP contribution in [0.5, 0.6) is 0 Å². The van der Waals surface area contributed by atoms with Crippen LogP contribution >= 0.6 is 0 Å². The molecule has 2 rings (SSSR count). The Morgan fingerprint density at radius 2 is 2.14 bits per heavy atom. The van der Waals surface area contributed by atoms with E-state index in [1.54, 1.807) is 11.8 Å². The van der Waals surface area contributed by atoms with Crippen molar-refractivity contribution in [2.45, 2.75) is 37.9 Å². The minimum Gasteiger partial charge on any atom is -0.381 e. The SMILES string of the molecule is CCOCCS(=O)(=O)c1nc(C(=O)N(CC)C2CC2)n[nH]1. The molecule has 0 bridgehead atoms. The molecule has 0 aliphatic heterocycles. The van der Waals surface area contributed by atoms with Crippen LogP contribution in [0.1, 0.15) is 37.3 Å². The quantitative estimate of drug-likeness (QED) is 0.689. The van der Waals surface area contributed by atoms with Gasteiger partial charge in [-0.15, -0.1) is 5.10 Å². The topological polar surface area (TPSA) is 105 Å². The molecule has 1 amide bonds. The van der Waals surface area contributed by atoms with Gasteiger partial charge in [-0.25, -0.2) is 13.5 Å². The number of nitrogens with zero attached hydrogens (tertiary/aromatic N) is 3. The van der Waals surface area contributed by atoms with Gasteiger partial charge in [-0.05, 0) is 26.7 Å². The summed E-state index contributed by atoms with van der Waals surface area (Å²) in [5.41, 5.74) is 0. The summed E-state index contributed by atoms with van der Waals surface area (Å²) in [5, 5.41) is 5.80. The maximum absolute atomic E-state index is 12.2. The third-order valence-corrected chi connectivity index (χ3v) is 4.72. The number of ether oxygens (including phenoxy) is 1. The molecule has 1 fully saturated rings. The zero-order chi connectivity index (χ0) is 15.5. The molecular weight excluding hydrogens is 296 g/mol. The zero-order valence-corrected chi connectivity index (χ0v) is 13.0. The van der Waals surface area contributed by atoms with Gasteiger partial charge >= 0.3 is 0 Å². The minimum absolute atomic E-state index is 0.0893. The number of H-pyrrole nitrogens is 1. The summed E-state index contributed by atoms with van der Waals surface area (Å²) in [6.07, 6.45) is 1.95. The molecule has 1 aromatic rings. The molecule has 0 aromatic carbocycles. The van der Waals surface area contributed by atoms with Gasteiger partial charge in [0.1, 0.15) is 0 Å². The number of hydrogen-bond donors (Lipinski definition) is 1. The van der Waals surface area contributed by atoms with Crippen molar-refractivity contribution in [2.75, 3.05) is 25.5 Å². The Bertz CT molecular complexity index is 594. The van der Waals surface area contributed by atoms with Crippen LogP contribution in [0, 0.1) is 0 Å². The molecule has 118 valence electrons. The lowest BCUT2D eigenvalue weighted by Crippen LogP contribution is -2.33. The standard InChI is InChI=1S/C12H20N4O4S/c1-3-16(9-5-6-9)11(17)10-13-12(15-14-10)21(18,19)8-7-20-4-2/h9H,3-8H2,1-2H3,(H,13,14,15). The van der Waals surface area contributed by atoms with Crippen LogP contribution in [-0.4, -0.2) is 66.0 Å². The van der Waals surface area contributed by atoms with Crippen molar-refractivity contribution >= 4 is 15.7 Å². The van der Waals surface area contributed by atoms with Crippen LogP contribution in [0.4, 0.5) is 0 Å². The highest BCUT2D eigenvalue weighted by molar-refractivity contribution is 7.91. The number of aromatic amines is 1. The average Bonchev–Trinajstić information content (AvgIpc) is 3.14. The maximum Gasteiger partial charge on any atom is 0.293 e. The largest absolute Gasteiger partial charge is 0.381 e. The first-order valence-corrected chi connectivity index (χ1v) is 8.68. The molecule has 9 heteroatoms. The van der Waals surface area contributed by atoms with Gasteiger partial charge < -0.3 is 9.64 Å². The van der Waals surface area contributed by atoms with Crippen LogP contribution in [0.2, 0.25) is 0 Å². The molecule has 8 nitrogen and oxygen atoms in total. The Balaban J connectivity index is 2.08. The monoisotopic (exact) mass is 316 g/mol. The fourth-order valence-electron chi connectivity index (χ4n) is 1.97. The van der Waals surface area contributed by atoms with E-state index < -0.39 is 9.84 Å². The lowest BCUT2D eigenvalue weighted by molar-refractivity contribution is 0.0740. The zero-order valence-electron chi connectivity index (χ0n) is 12.2. The van der Waals surface area contributed by atoms with Crippen molar-refractivity contribution in [3.05, 3.63) is 5.82 Å². The van der Waals surface area contributed by atoms with Crippen molar-refractivity contribution in [1.29, 1.82) is 0 Å². The Morgan fingerprint density at radius 3 is 2.71 bits per heavy atom. The van der Waals surface area contributed by atoms with Crippen LogP contribution < -0.4 is 0 Å². The summed E-state index contributed by atoms with van der Waals surface area (Å²) in [4.78, 5) is 17.7. The first-order chi connectivity index (χ1) is 9.99. The molecule has 1 aliphatic rings. The summed E-state index contributed by atoms with van der Waals surface area (Å²) in [6.45, 7) is 4.76. The summed E-state index contributed by atoms with van der Waals surface area (Å²) in [7, 11) is -3.61. The molecule has 1 saturated carbocycles. The van der Waals surface area contributed by atoms with Crippen molar-refractivity contribution in [2.24, 2.45) is 0 Å². The molecule has 1 heterocycles. The van der Waals surface area contributed by atoms with E-state index >= 15 is 0 Å². The maximum atomic E-state index is 12.2. The van der Waals surface area contributed by atoms with Crippen LogP contribution in [0.15, 0.2) is 5.16 Å². The van der Waals surface area contributed by atoms with E-state index in [-0.39, 0.29) is 35.3 Å². The van der Waals surface area contributed by atoms with E-state index in [0.717, 1.165) is 12.8 Å². The molecule has 1 N–H and O–H groups in total. The Kier molecular flexibility index (Phi) is 4.94. The second-order valence-corrected chi connectivity index (χ2v) is 6.83. The summed E-state index contributed by atoms with van der Waals surface area (Å²) in [6, 6.07) is 0.235. The molecule has 0 spiro atoms. The highest BCUT2D eigenvalue weighted by Gasteiger charge is 2.34. The van der Waals surface area contributed by atoms with E-state index in [4.69, 9.17) is 4.74 Å². The highest BCUT2D eigenvalue weighted by Crippen LogP contribution is 2.27. The summed E-state index contributed by atoms with van der Waals surface area (Å²) < 4.78 is 29.0. The fraction of sp³-hybridized carbons (Fsp3) is 0.750. The van der Waals surface area contributed by atoms with Gasteiger partial charge in [-0.2, -0.15) is 4.98 Å². The lowest BCUT2D eigenvalue weighted by atomic mass is 10.4. The third kappa shape index (κ3) is 3.79. The van der Waals surface area contributed by atoms with Gasteiger partial charge in [-0.1, -0.05) is 0 Å². The predicted octanol–water partition coefficient (Wildman–Crippen LogP) is 0.239. The van der Waals surface area contributed by atoms with Gasteiger partial charge in [0.15, 0.2) is 0 Å². The second kappa shape index (κ2) is 6.52. The van der Waals surface area contributed by atoms with Crippen molar-refractivity contribution in [3.8, 4) is 0 Å². The molecule has 21 heavy (non-hydrogen) atoms. The first kappa shape index (κ1) is 15.9. The van der Waals surface area contributed by atoms with E-state index in [9.17, 15) is 13.2 Å². The Labute approximate surface area is 123 Å². The number of nitrogens with one attached hydrogen (secondary N) is 1. The molecule has 0 unspecified atom stereocenters. The number of carbonyl (C=O) groups is 1. The first-order valence-electron chi connectivity index (χ1n) is 7.03. The van der Waals surface area contributed by atoms with Crippen LogP contribution in [-0.2, 0) is 14.6 Å². The second-order valence-electron chi connectivity index (χ2n) is 4.80. The lowest BCUT2D eigenvalue weighted by Gasteiger charge is -2.17. The number of carbonyl (C=O) groups excluding carboxylic acids is 1. The molecule has 0 saturated heterocycles. The number of hydrogen-bond acceptors (Lipinski definition) is 6. The van der Waals surface area contributed by atoms with E-state index in [0.29, 0.717) is 13.2 Å². The Hall–Kier alpha value is -1.48. The molecule has 0 radical (unpaired) electrons. The normalized spacial score (nSPS) is 15.1. The van der Waals surface area contributed by atoms with Gasteiger partial charge in [0.05, 0.1) is 12.4 Å². The molecule has 1 aliphatic carbocycles. The number of amides is 1. The van der Waals surface area contributed by atoms with Gasteiger partial charge in [0, 0.05) is 19.2 Å². The van der Waals surface area contributed by atoms with Gasteiger partial charge in [-0.3, -0.25) is 4.79 Å². The summed E-state index contributed by atoms with van der Waals surface area (Å²) >= 11 is 0. The molecular formula is C12H20N4O4S. The van der Waals surface area contributed by atoms with Crippen molar-refractivity contribution in [1.82, 2.24) is 20.1 Å². The molecule has 0 atom stereocenters. The van der Waals surface area contributed by atoms with Gasteiger partial charge in [0.25, 0.3) is 5.91 Å². The predicted molar refractivity (Wildman–Crippen MR) is 74.7 cm³/mol. The summed E-state index contributed by atoms with van der Waals surface area (Å²) in [5.74, 6) is -0.620. The van der Waals surface area contributed by atoms with Crippen molar-refractivity contribution < 1.29 is 17.9 Å². The number of aromatic nitrogens is 3. The smallest absolute Gasteiger partial charge is 0.293 e. The minimum atomic E-state index is -3.61. The molecule has 1 aromatic heterocycles. The average molecular weight is 316 g/mol. The fourth-order valence-corrected chi connectivity index (χ4v) is 2.91. The highest BCUT2D eigenvalue weighted by atomic mass is 32.2. The number of rotatable bonds is 8. The van der Waals surface area contributed by atoms with E-state index in [1.807, 2.05) is 6.92 Å². The number of sulfone groups is 1. The van der Waals surface area contributed by atoms with Gasteiger partial charge in [0.2, 0.25) is 20.8 Å². The van der Waals surface area contributed by atoms with Crippen LogP contribution in [0.25, 0.3) is 0 Å².